The van der Waals surface area contributed by atoms with Crippen molar-refractivity contribution in [3.05, 3.63) is 34.9 Å². The highest BCUT2D eigenvalue weighted by Gasteiger charge is 2.16. The zero-order valence-corrected chi connectivity index (χ0v) is 8.29. The van der Waals surface area contributed by atoms with E-state index in [2.05, 4.69) is 11.4 Å². The van der Waals surface area contributed by atoms with Crippen molar-refractivity contribution >= 4 is 0 Å². The monoisotopic (exact) mass is 193 g/mol. The van der Waals surface area contributed by atoms with Crippen LogP contribution in [-0.2, 0) is 17.7 Å². The summed E-state index contributed by atoms with van der Waals surface area (Å²) in [4.78, 5) is 0. The largest absolute Gasteiger partial charge is 0.364 e. The molecular formula is C11H15NO2. The first-order valence-corrected chi connectivity index (χ1v) is 4.85. The van der Waals surface area contributed by atoms with Crippen molar-refractivity contribution in [2.75, 3.05) is 13.7 Å². The number of aliphatic hydroxyl groups is 1. The quantitative estimate of drug-likeness (QED) is 0.688. The zero-order valence-electron chi connectivity index (χ0n) is 8.29. The van der Waals surface area contributed by atoms with Gasteiger partial charge in [0.2, 0.25) is 0 Å². The summed E-state index contributed by atoms with van der Waals surface area (Å²) in [6, 6.07) is 6.00. The minimum Gasteiger partial charge on any atom is -0.364 e. The van der Waals surface area contributed by atoms with E-state index < -0.39 is 6.29 Å². The lowest BCUT2D eigenvalue weighted by atomic mass is 9.96. The number of hydrogen-bond acceptors (Lipinski definition) is 3. The standard InChI is InChI=1S/C11H15NO2/c1-14-11(13)9-4-2-3-8-5-6-12-7-10(8)9/h2-4,11-13H,5-7H2,1H3. The van der Waals surface area contributed by atoms with Gasteiger partial charge >= 0.3 is 0 Å². The molecule has 1 heterocycles. The number of hydrogen-bond donors (Lipinski definition) is 2. The van der Waals surface area contributed by atoms with Crippen LogP contribution in [0.25, 0.3) is 0 Å². The molecule has 0 aromatic heterocycles. The Balaban J connectivity index is 2.39. The average Bonchev–Trinajstić information content (AvgIpc) is 2.27. The highest BCUT2D eigenvalue weighted by atomic mass is 16.6. The second kappa shape index (κ2) is 4.09. The molecule has 1 aliphatic heterocycles. The third-order valence-electron chi connectivity index (χ3n) is 2.67. The second-order valence-corrected chi connectivity index (χ2v) is 3.50. The van der Waals surface area contributed by atoms with Gasteiger partial charge in [-0.2, -0.15) is 0 Å². The lowest BCUT2D eigenvalue weighted by molar-refractivity contribution is -0.0776. The Labute approximate surface area is 83.7 Å². The maximum atomic E-state index is 9.64. The first-order valence-electron chi connectivity index (χ1n) is 4.85. The highest BCUT2D eigenvalue weighted by molar-refractivity contribution is 5.37. The fraction of sp³-hybridized carbons (Fsp3) is 0.455. The molecule has 0 radical (unpaired) electrons. The normalized spacial score (nSPS) is 17.6. The zero-order chi connectivity index (χ0) is 9.97. The van der Waals surface area contributed by atoms with Crippen molar-refractivity contribution in [1.29, 1.82) is 0 Å². The van der Waals surface area contributed by atoms with E-state index in [-0.39, 0.29) is 0 Å². The number of aliphatic hydroxyl groups excluding tert-OH is 1. The molecule has 0 spiro atoms. The van der Waals surface area contributed by atoms with E-state index in [9.17, 15) is 5.11 Å². The first kappa shape index (κ1) is 9.65. The van der Waals surface area contributed by atoms with Gasteiger partial charge in [-0.1, -0.05) is 18.2 Å². The Morgan fingerprint density at radius 2 is 2.36 bits per heavy atom. The van der Waals surface area contributed by atoms with Gasteiger partial charge in [0, 0.05) is 19.2 Å². The number of benzene rings is 1. The van der Waals surface area contributed by atoms with Gasteiger partial charge in [0.25, 0.3) is 0 Å². The van der Waals surface area contributed by atoms with Gasteiger partial charge in [-0.25, -0.2) is 0 Å². The van der Waals surface area contributed by atoms with Crippen LogP contribution in [0.1, 0.15) is 23.0 Å². The molecule has 0 aliphatic carbocycles. The summed E-state index contributed by atoms with van der Waals surface area (Å²) in [5, 5.41) is 12.9. The van der Waals surface area contributed by atoms with Crippen LogP contribution < -0.4 is 5.32 Å². The molecule has 0 bridgehead atoms. The molecule has 0 amide bonds. The Bertz CT molecular complexity index is 325. The summed E-state index contributed by atoms with van der Waals surface area (Å²) >= 11 is 0. The van der Waals surface area contributed by atoms with Gasteiger partial charge in [0.15, 0.2) is 6.29 Å². The molecule has 3 nitrogen and oxygen atoms in total. The van der Waals surface area contributed by atoms with Gasteiger partial charge in [0.05, 0.1) is 0 Å². The van der Waals surface area contributed by atoms with E-state index in [4.69, 9.17) is 4.74 Å². The van der Waals surface area contributed by atoms with Crippen LogP contribution in [-0.4, -0.2) is 18.8 Å². The van der Waals surface area contributed by atoms with Crippen molar-refractivity contribution in [3.8, 4) is 0 Å². The summed E-state index contributed by atoms with van der Waals surface area (Å²) in [6.07, 6.45) is 0.226. The van der Waals surface area contributed by atoms with Crippen LogP contribution in [0.4, 0.5) is 0 Å². The predicted octanol–water partition coefficient (Wildman–Crippen LogP) is 0.970. The molecule has 2 rings (SSSR count). The third-order valence-corrected chi connectivity index (χ3v) is 2.67. The number of methoxy groups -OCH3 is 1. The molecule has 14 heavy (non-hydrogen) atoms. The maximum absolute atomic E-state index is 9.64. The van der Waals surface area contributed by atoms with Crippen molar-refractivity contribution < 1.29 is 9.84 Å². The summed E-state index contributed by atoms with van der Waals surface area (Å²) in [5.41, 5.74) is 3.39. The van der Waals surface area contributed by atoms with Gasteiger partial charge in [-0.05, 0) is 24.1 Å². The van der Waals surface area contributed by atoms with E-state index in [1.165, 1.54) is 18.2 Å². The number of ether oxygens (including phenoxy) is 1. The molecule has 1 aromatic carbocycles. The minimum absolute atomic E-state index is 0.801. The summed E-state index contributed by atoms with van der Waals surface area (Å²) in [7, 11) is 1.51. The molecule has 76 valence electrons. The topological polar surface area (TPSA) is 41.5 Å². The number of rotatable bonds is 2. The van der Waals surface area contributed by atoms with Crippen LogP contribution in [0.5, 0.6) is 0 Å². The first-order chi connectivity index (χ1) is 6.83. The molecule has 3 heteroatoms. The Morgan fingerprint density at radius 1 is 1.50 bits per heavy atom. The molecule has 1 aromatic rings. The van der Waals surface area contributed by atoms with Crippen molar-refractivity contribution in [2.45, 2.75) is 19.3 Å². The minimum atomic E-state index is -0.801. The fourth-order valence-electron chi connectivity index (χ4n) is 1.90. The molecule has 2 N–H and O–H groups in total. The van der Waals surface area contributed by atoms with E-state index in [1.54, 1.807) is 0 Å². The van der Waals surface area contributed by atoms with E-state index in [0.29, 0.717) is 0 Å². The molecule has 1 aliphatic rings. The summed E-state index contributed by atoms with van der Waals surface area (Å²) in [6.45, 7) is 1.84. The van der Waals surface area contributed by atoms with Crippen LogP contribution in [0.3, 0.4) is 0 Å². The van der Waals surface area contributed by atoms with E-state index in [1.807, 2.05) is 12.1 Å². The van der Waals surface area contributed by atoms with Gasteiger partial charge in [0.1, 0.15) is 0 Å². The Hall–Kier alpha value is -0.900. The molecule has 0 saturated heterocycles. The van der Waals surface area contributed by atoms with E-state index >= 15 is 0 Å². The van der Waals surface area contributed by atoms with Crippen LogP contribution in [0.2, 0.25) is 0 Å². The van der Waals surface area contributed by atoms with Crippen LogP contribution in [0, 0.1) is 0 Å². The molecular weight excluding hydrogens is 178 g/mol. The van der Waals surface area contributed by atoms with Gasteiger partial charge < -0.3 is 15.2 Å². The van der Waals surface area contributed by atoms with Crippen LogP contribution >= 0.6 is 0 Å². The molecule has 1 atom stereocenters. The molecule has 1 unspecified atom stereocenters. The number of fused-ring (bicyclic) bond motifs is 1. The molecule has 0 saturated carbocycles. The Morgan fingerprint density at radius 3 is 3.14 bits per heavy atom. The van der Waals surface area contributed by atoms with Crippen molar-refractivity contribution in [3.63, 3.8) is 0 Å². The predicted molar refractivity (Wildman–Crippen MR) is 53.8 cm³/mol. The van der Waals surface area contributed by atoms with Crippen LogP contribution in [0.15, 0.2) is 18.2 Å². The number of nitrogens with one attached hydrogen (secondary N) is 1. The lowest BCUT2D eigenvalue weighted by Gasteiger charge is -2.22. The summed E-state index contributed by atoms with van der Waals surface area (Å²) < 4.78 is 4.93. The second-order valence-electron chi connectivity index (χ2n) is 3.50. The van der Waals surface area contributed by atoms with Crippen molar-refractivity contribution in [1.82, 2.24) is 5.32 Å². The van der Waals surface area contributed by atoms with E-state index in [0.717, 1.165) is 25.1 Å². The SMILES string of the molecule is COC(O)c1cccc2c1CNCC2. The average molecular weight is 193 g/mol. The highest BCUT2D eigenvalue weighted by Crippen LogP contribution is 2.24. The molecule has 0 fully saturated rings. The van der Waals surface area contributed by atoms with Gasteiger partial charge in [-0.3, -0.25) is 0 Å². The Kier molecular flexibility index (Phi) is 2.82. The van der Waals surface area contributed by atoms with Crippen molar-refractivity contribution in [2.24, 2.45) is 0 Å². The summed E-state index contributed by atoms with van der Waals surface area (Å²) in [5.74, 6) is 0. The third kappa shape index (κ3) is 1.66. The van der Waals surface area contributed by atoms with Gasteiger partial charge in [-0.15, -0.1) is 0 Å². The fourth-order valence-corrected chi connectivity index (χ4v) is 1.90. The smallest absolute Gasteiger partial charge is 0.181 e. The lowest BCUT2D eigenvalue weighted by Crippen LogP contribution is -2.25. The maximum Gasteiger partial charge on any atom is 0.181 e.